The van der Waals surface area contributed by atoms with E-state index in [0.717, 1.165) is 17.6 Å². The molecule has 1 aromatic carbocycles. The van der Waals surface area contributed by atoms with Crippen LogP contribution >= 0.6 is 0 Å². The lowest BCUT2D eigenvalue weighted by Gasteiger charge is -2.09. The molecule has 1 rings (SSSR count). The first kappa shape index (κ1) is 10.5. The zero-order valence-corrected chi connectivity index (χ0v) is 8.54. The molecule has 0 radical (unpaired) electrons. The molecule has 0 aliphatic rings. The molecule has 0 aliphatic heterocycles. The largest absolute Gasteiger partial charge is 0.426 e. The predicted molar refractivity (Wildman–Crippen MR) is 57.1 cm³/mol. The van der Waals surface area contributed by atoms with E-state index in [-0.39, 0.29) is 5.97 Å². The highest BCUT2D eigenvalue weighted by molar-refractivity contribution is 5.74. The molecule has 0 atom stereocenters. The van der Waals surface area contributed by atoms with Crippen LogP contribution in [0.3, 0.4) is 0 Å². The smallest absolute Gasteiger partial charge is 0.308 e. The topological polar surface area (TPSA) is 26.3 Å². The number of esters is 1. The summed E-state index contributed by atoms with van der Waals surface area (Å²) < 4.78 is 5.07. The van der Waals surface area contributed by atoms with Crippen molar-refractivity contribution in [2.24, 2.45) is 0 Å². The van der Waals surface area contributed by atoms with Gasteiger partial charge in [-0.3, -0.25) is 4.79 Å². The molecular formula is C12H14O2. The van der Waals surface area contributed by atoms with E-state index in [1.54, 1.807) is 6.07 Å². The van der Waals surface area contributed by atoms with Gasteiger partial charge < -0.3 is 4.74 Å². The molecule has 1 aromatic rings. The Kier molecular flexibility index (Phi) is 3.46. The van der Waals surface area contributed by atoms with E-state index >= 15 is 0 Å². The number of carbonyl (C=O) groups is 1. The molecule has 2 nitrogen and oxygen atoms in total. The molecule has 14 heavy (non-hydrogen) atoms. The number of rotatable bonds is 3. The maximum absolute atomic E-state index is 10.8. The van der Waals surface area contributed by atoms with Gasteiger partial charge in [-0.25, -0.2) is 0 Å². The van der Waals surface area contributed by atoms with E-state index in [0.29, 0.717) is 5.75 Å². The first-order valence-electron chi connectivity index (χ1n) is 4.60. The van der Waals surface area contributed by atoms with Crippen molar-refractivity contribution in [3.63, 3.8) is 0 Å². The summed E-state index contributed by atoms with van der Waals surface area (Å²) in [6, 6.07) is 7.43. The fourth-order valence-corrected chi connectivity index (χ4v) is 1.19. The number of hydrogen-bond acceptors (Lipinski definition) is 2. The zero-order chi connectivity index (χ0) is 10.6. The molecule has 0 saturated carbocycles. The Morgan fingerprint density at radius 3 is 2.64 bits per heavy atom. The highest BCUT2D eigenvalue weighted by Gasteiger charge is 2.06. The van der Waals surface area contributed by atoms with Crippen molar-refractivity contribution in [1.29, 1.82) is 0 Å². The number of ether oxygens (including phenoxy) is 1. The molecule has 0 fully saturated rings. The zero-order valence-electron chi connectivity index (χ0n) is 8.54. The van der Waals surface area contributed by atoms with Crippen molar-refractivity contribution in [2.75, 3.05) is 0 Å². The van der Waals surface area contributed by atoms with Crippen LogP contribution in [0, 0.1) is 0 Å². The maximum Gasteiger partial charge on any atom is 0.308 e. The first-order valence-corrected chi connectivity index (χ1v) is 4.60. The maximum atomic E-state index is 10.8. The number of hydrogen-bond donors (Lipinski definition) is 0. The standard InChI is InChI=1S/C12H14O2/c1-4-9(2)11-7-5-6-8-12(11)14-10(3)13/h5-8H,2,4H2,1,3H3. The lowest BCUT2D eigenvalue weighted by Crippen LogP contribution is -2.03. The fourth-order valence-electron chi connectivity index (χ4n) is 1.19. The van der Waals surface area contributed by atoms with E-state index in [1.807, 2.05) is 25.1 Å². The SMILES string of the molecule is C=C(CC)c1ccccc1OC(C)=O. The highest BCUT2D eigenvalue weighted by Crippen LogP contribution is 2.26. The lowest BCUT2D eigenvalue weighted by atomic mass is 10.0. The average Bonchev–Trinajstić information content (AvgIpc) is 2.16. The number of para-hydroxylation sites is 1. The summed E-state index contributed by atoms with van der Waals surface area (Å²) in [4.78, 5) is 10.8. The van der Waals surface area contributed by atoms with Crippen LogP contribution in [0.25, 0.3) is 5.57 Å². The Morgan fingerprint density at radius 1 is 1.43 bits per heavy atom. The van der Waals surface area contributed by atoms with Gasteiger partial charge in [0.2, 0.25) is 0 Å². The minimum Gasteiger partial charge on any atom is -0.426 e. The molecule has 0 saturated heterocycles. The fraction of sp³-hybridized carbons (Fsp3) is 0.250. The molecule has 0 spiro atoms. The summed E-state index contributed by atoms with van der Waals surface area (Å²) in [7, 11) is 0. The van der Waals surface area contributed by atoms with Gasteiger partial charge >= 0.3 is 5.97 Å². The third-order valence-corrected chi connectivity index (χ3v) is 1.95. The van der Waals surface area contributed by atoms with Crippen LogP contribution in [0.2, 0.25) is 0 Å². The Morgan fingerprint density at radius 2 is 2.07 bits per heavy atom. The number of benzene rings is 1. The second-order valence-corrected chi connectivity index (χ2v) is 3.05. The van der Waals surface area contributed by atoms with Crippen LogP contribution in [-0.4, -0.2) is 5.97 Å². The molecule has 0 bridgehead atoms. The van der Waals surface area contributed by atoms with Gasteiger partial charge in [0.25, 0.3) is 0 Å². The molecule has 0 amide bonds. The number of allylic oxidation sites excluding steroid dienone is 1. The van der Waals surface area contributed by atoms with E-state index in [1.165, 1.54) is 6.92 Å². The summed E-state index contributed by atoms with van der Waals surface area (Å²) >= 11 is 0. The summed E-state index contributed by atoms with van der Waals surface area (Å²) in [5.41, 5.74) is 1.88. The van der Waals surface area contributed by atoms with E-state index < -0.39 is 0 Å². The van der Waals surface area contributed by atoms with Gasteiger partial charge in [-0.15, -0.1) is 0 Å². The Hall–Kier alpha value is -1.57. The molecule has 0 aliphatic carbocycles. The van der Waals surface area contributed by atoms with E-state index in [4.69, 9.17) is 4.74 Å². The summed E-state index contributed by atoms with van der Waals surface area (Å²) in [6.45, 7) is 7.34. The predicted octanol–water partition coefficient (Wildman–Crippen LogP) is 3.04. The van der Waals surface area contributed by atoms with Crippen LogP contribution in [0.15, 0.2) is 30.8 Å². The van der Waals surface area contributed by atoms with Crippen LogP contribution in [-0.2, 0) is 4.79 Å². The van der Waals surface area contributed by atoms with Gasteiger partial charge in [0.05, 0.1) is 0 Å². The van der Waals surface area contributed by atoms with Crippen LogP contribution in [0.4, 0.5) is 0 Å². The second-order valence-electron chi connectivity index (χ2n) is 3.05. The molecule has 2 heteroatoms. The molecule has 0 heterocycles. The normalized spacial score (nSPS) is 9.57. The van der Waals surface area contributed by atoms with Gasteiger partial charge in [0.15, 0.2) is 0 Å². The third kappa shape index (κ3) is 2.46. The van der Waals surface area contributed by atoms with Gasteiger partial charge in [-0.2, -0.15) is 0 Å². The molecule has 0 N–H and O–H groups in total. The van der Waals surface area contributed by atoms with Gasteiger partial charge in [-0.1, -0.05) is 31.7 Å². The van der Waals surface area contributed by atoms with Crippen molar-refractivity contribution in [1.82, 2.24) is 0 Å². The van der Waals surface area contributed by atoms with Crippen molar-refractivity contribution in [3.8, 4) is 5.75 Å². The molecule has 0 aromatic heterocycles. The minimum absolute atomic E-state index is 0.304. The van der Waals surface area contributed by atoms with Crippen LogP contribution in [0.1, 0.15) is 25.8 Å². The van der Waals surface area contributed by atoms with Crippen molar-refractivity contribution in [2.45, 2.75) is 20.3 Å². The summed E-state index contributed by atoms with van der Waals surface area (Å²) in [5, 5.41) is 0. The van der Waals surface area contributed by atoms with Crippen molar-refractivity contribution >= 4 is 11.5 Å². The Balaban J connectivity index is 3.02. The van der Waals surface area contributed by atoms with Gasteiger partial charge in [0, 0.05) is 12.5 Å². The van der Waals surface area contributed by atoms with E-state index in [9.17, 15) is 4.79 Å². The quantitative estimate of drug-likeness (QED) is 0.541. The first-order chi connectivity index (χ1) is 6.65. The highest BCUT2D eigenvalue weighted by atomic mass is 16.5. The monoisotopic (exact) mass is 190 g/mol. The Bertz CT molecular complexity index is 353. The van der Waals surface area contributed by atoms with Crippen molar-refractivity contribution in [3.05, 3.63) is 36.4 Å². The van der Waals surface area contributed by atoms with Crippen LogP contribution in [0.5, 0.6) is 5.75 Å². The third-order valence-electron chi connectivity index (χ3n) is 1.95. The Labute approximate surface area is 84.2 Å². The lowest BCUT2D eigenvalue weighted by molar-refractivity contribution is -0.131. The van der Waals surface area contributed by atoms with Gasteiger partial charge in [0.1, 0.15) is 5.75 Å². The van der Waals surface area contributed by atoms with Crippen LogP contribution < -0.4 is 4.74 Å². The number of carbonyl (C=O) groups excluding carboxylic acids is 1. The molecular weight excluding hydrogens is 176 g/mol. The average molecular weight is 190 g/mol. The molecule has 74 valence electrons. The van der Waals surface area contributed by atoms with Crippen molar-refractivity contribution < 1.29 is 9.53 Å². The van der Waals surface area contributed by atoms with E-state index in [2.05, 4.69) is 6.58 Å². The summed E-state index contributed by atoms with van der Waals surface area (Å²) in [6.07, 6.45) is 0.846. The molecule has 0 unspecified atom stereocenters. The summed E-state index contributed by atoms with van der Waals surface area (Å²) in [5.74, 6) is 0.285. The van der Waals surface area contributed by atoms with Gasteiger partial charge in [-0.05, 0) is 18.1 Å². The minimum atomic E-state index is -0.304. The second kappa shape index (κ2) is 4.61.